The summed E-state index contributed by atoms with van der Waals surface area (Å²) in [4.78, 5) is 43.8. The number of hydrogen-bond donors (Lipinski definition) is 0. The number of anilines is 2. The fourth-order valence-electron chi connectivity index (χ4n) is 4.84. The maximum atomic E-state index is 14.2. The molecule has 3 heterocycles. The lowest BCUT2D eigenvalue weighted by atomic mass is 10.1. The zero-order chi connectivity index (χ0) is 29.4. The standard InChI is InChI=1S/C31H25ClN4O4S2/c1-3-40-25(37)17-22-26(28(38)36(33-22)21-12-8-5-9-13-21)30-35(18-19-10-6-4-7-11-19)29(39)27(42-30)31-34(2)23-16-20(32)14-15-24(23)41-31/h4-16H,3,17-18H2,1-2H3/b30-26+,31-27+. The number of para-hydroxylation sites is 1. The third-order valence-electron chi connectivity index (χ3n) is 6.80. The van der Waals surface area contributed by atoms with Crippen molar-refractivity contribution in [3.63, 3.8) is 0 Å². The number of esters is 1. The molecule has 0 bridgehead atoms. The zero-order valence-electron chi connectivity index (χ0n) is 22.7. The molecule has 3 aromatic carbocycles. The van der Waals surface area contributed by atoms with E-state index in [4.69, 9.17) is 16.3 Å². The van der Waals surface area contributed by atoms with Crippen LogP contribution in [0.15, 0.2) is 93.7 Å². The number of thiazole rings is 1. The second-order valence-electron chi connectivity index (χ2n) is 9.55. The molecule has 0 unspecified atom stereocenters. The number of nitrogens with zero attached hydrogens (tertiary/aromatic N) is 4. The highest BCUT2D eigenvalue weighted by atomic mass is 35.5. The van der Waals surface area contributed by atoms with Crippen molar-refractivity contribution in [2.24, 2.45) is 5.10 Å². The van der Waals surface area contributed by atoms with Crippen LogP contribution in [0.5, 0.6) is 0 Å². The normalized spacial score (nSPS) is 17.0. The molecule has 0 saturated carbocycles. The molecule has 0 spiro atoms. The largest absolute Gasteiger partial charge is 0.466 e. The van der Waals surface area contributed by atoms with Gasteiger partial charge in [-0.3, -0.25) is 19.0 Å². The molecule has 0 radical (unpaired) electrons. The molecule has 42 heavy (non-hydrogen) atoms. The zero-order valence-corrected chi connectivity index (χ0v) is 25.1. The topological polar surface area (TPSA) is 84.2 Å². The van der Waals surface area contributed by atoms with Crippen molar-refractivity contribution in [2.45, 2.75) is 24.8 Å². The molecule has 0 atom stereocenters. The minimum Gasteiger partial charge on any atom is -0.466 e. The molecule has 4 aromatic rings. The predicted octanol–water partition coefficient (Wildman–Crippen LogP) is 4.43. The van der Waals surface area contributed by atoms with Gasteiger partial charge in [0.1, 0.15) is 14.2 Å². The van der Waals surface area contributed by atoms with Crippen molar-refractivity contribution in [1.29, 1.82) is 0 Å². The van der Waals surface area contributed by atoms with Gasteiger partial charge in [0.15, 0.2) is 0 Å². The van der Waals surface area contributed by atoms with Crippen molar-refractivity contribution in [3.8, 4) is 0 Å². The van der Waals surface area contributed by atoms with Gasteiger partial charge in [-0.05, 0) is 42.8 Å². The first-order chi connectivity index (χ1) is 20.4. The van der Waals surface area contributed by atoms with Gasteiger partial charge in [0.25, 0.3) is 11.5 Å². The Hall–Kier alpha value is -4.12. The van der Waals surface area contributed by atoms with Gasteiger partial charge >= 0.3 is 5.97 Å². The number of carbonyl (C=O) groups is 2. The lowest BCUT2D eigenvalue weighted by Gasteiger charge is -2.12. The summed E-state index contributed by atoms with van der Waals surface area (Å²) in [7, 11) is 1.89. The van der Waals surface area contributed by atoms with Crippen LogP contribution in [0.3, 0.4) is 0 Å². The number of thioether (sulfide) groups is 1. The second kappa shape index (κ2) is 11.6. The first-order valence-corrected chi connectivity index (χ1v) is 15.2. The highest BCUT2D eigenvalue weighted by molar-refractivity contribution is 8.08. The monoisotopic (exact) mass is 616 g/mol. The molecule has 11 heteroatoms. The summed E-state index contributed by atoms with van der Waals surface area (Å²) in [5.41, 5.74) is 2.58. The van der Waals surface area contributed by atoms with Gasteiger partial charge in [-0.25, -0.2) is 0 Å². The van der Waals surface area contributed by atoms with Crippen LogP contribution in [0.4, 0.5) is 11.4 Å². The maximum Gasteiger partial charge on any atom is 0.311 e. The Labute approximate surface area is 254 Å². The average molecular weight is 617 g/mol. The maximum absolute atomic E-state index is 14.2. The first-order valence-electron chi connectivity index (χ1n) is 13.2. The molecular formula is C31H25ClN4O4S2. The number of hydrogen-bond acceptors (Lipinski definition) is 8. The highest BCUT2D eigenvalue weighted by Gasteiger charge is 2.35. The molecule has 1 aromatic heterocycles. The van der Waals surface area contributed by atoms with Crippen molar-refractivity contribution < 1.29 is 14.3 Å². The van der Waals surface area contributed by atoms with E-state index < -0.39 is 11.9 Å². The van der Waals surface area contributed by atoms with Crippen molar-refractivity contribution in [3.05, 3.63) is 109 Å². The van der Waals surface area contributed by atoms with Crippen LogP contribution in [0.25, 0.3) is 10.6 Å². The molecule has 0 fully saturated rings. The predicted molar refractivity (Wildman–Crippen MR) is 169 cm³/mol. The van der Waals surface area contributed by atoms with E-state index >= 15 is 0 Å². The van der Waals surface area contributed by atoms with Crippen LogP contribution in [0.2, 0.25) is 5.02 Å². The van der Waals surface area contributed by atoms with Crippen molar-refractivity contribution >= 4 is 74.3 Å². The summed E-state index contributed by atoms with van der Waals surface area (Å²) < 4.78 is 7.73. The number of aromatic nitrogens is 1. The number of fused-ring (bicyclic) bond motifs is 1. The van der Waals surface area contributed by atoms with Crippen LogP contribution < -0.4 is 24.7 Å². The highest BCUT2D eigenvalue weighted by Crippen LogP contribution is 2.46. The number of amides is 1. The van der Waals surface area contributed by atoms with Crippen molar-refractivity contribution in [1.82, 2.24) is 4.57 Å². The molecule has 0 aliphatic carbocycles. The van der Waals surface area contributed by atoms with Crippen LogP contribution >= 0.6 is 34.7 Å². The van der Waals surface area contributed by atoms with E-state index in [-0.39, 0.29) is 36.4 Å². The number of halogens is 1. The lowest BCUT2D eigenvalue weighted by Crippen LogP contribution is -2.36. The molecule has 2 aliphatic rings. The SMILES string of the molecule is CCOC(=O)CC1=NN(c2ccccc2)C(=O)/C1=c1/s/c(=C2/Sc3ccc(Cl)cc3N2C)c(=O)n1Cc1ccccc1. The number of hydrazone groups is 1. The Morgan fingerprint density at radius 2 is 1.71 bits per heavy atom. The summed E-state index contributed by atoms with van der Waals surface area (Å²) in [6.07, 6.45) is -0.208. The van der Waals surface area contributed by atoms with Gasteiger partial charge < -0.3 is 9.64 Å². The second-order valence-corrected chi connectivity index (χ2v) is 12.0. The van der Waals surface area contributed by atoms with Gasteiger partial charge in [-0.15, -0.1) is 11.3 Å². The van der Waals surface area contributed by atoms with E-state index in [1.165, 1.54) is 28.1 Å². The van der Waals surface area contributed by atoms with Crippen LogP contribution in [0, 0.1) is 0 Å². The Bertz CT molecular complexity index is 1920. The molecule has 6 rings (SSSR count). The fourth-order valence-corrected chi connectivity index (χ4v) is 7.49. The molecule has 0 saturated heterocycles. The quantitative estimate of drug-likeness (QED) is 0.298. The van der Waals surface area contributed by atoms with Crippen molar-refractivity contribution in [2.75, 3.05) is 23.6 Å². The molecular weight excluding hydrogens is 592 g/mol. The van der Waals surface area contributed by atoms with E-state index in [2.05, 4.69) is 5.10 Å². The van der Waals surface area contributed by atoms with Gasteiger partial charge in [0.2, 0.25) is 0 Å². The van der Waals surface area contributed by atoms with E-state index in [0.717, 1.165) is 21.2 Å². The van der Waals surface area contributed by atoms with E-state index in [1.807, 2.05) is 78.7 Å². The first kappa shape index (κ1) is 28.0. The van der Waals surface area contributed by atoms with Crippen LogP contribution in [-0.2, 0) is 20.9 Å². The van der Waals surface area contributed by atoms with E-state index in [1.54, 1.807) is 23.6 Å². The molecule has 0 N–H and O–H groups in total. The van der Waals surface area contributed by atoms with Gasteiger partial charge in [0.05, 0.1) is 42.2 Å². The van der Waals surface area contributed by atoms with Gasteiger partial charge in [-0.1, -0.05) is 71.9 Å². The average Bonchev–Trinajstić information content (AvgIpc) is 3.60. The summed E-state index contributed by atoms with van der Waals surface area (Å²) >= 11 is 8.98. The lowest BCUT2D eigenvalue weighted by molar-refractivity contribution is -0.141. The third kappa shape index (κ3) is 5.17. The number of benzene rings is 3. The molecule has 2 aliphatic heterocycles. The molecule has 8 nitrogen and oxygen atoms in total. The summed E-state index contributed by atoms with van der Waals surface area (Å²) in [6.45, 7) is 2.16. The Morgan fingerprint density at radius 1 is 1.00 bits per heavy atom. The Balaban J connectivity index is 1.61. The van der Waals surface area contributed by atoms with E-state index in [0.29, 0.717) is 19.9 Å². The number of ether oxygens (including phenoxy) is 1. The number of carbonyl (C=O) groups excluding carboxylic acids is 2. The fraction of sp³-hybridized carbons (Fsp3) is 0.161. The Morgan fingerprint density at radius 3 is 2.43 bits per heavy atom. The molecule has 212 valence electrons. The number of rotatable bonds is 6. The minimum atomic E-state index is -0.502. The third-order valence-corrected chi connectivity index (χ3v) is 9.59. The summed E-state index contributed by atoms with van der Waals surface area (Å²) in [5.74, 6) is -0.916. The summed E-state index contributed by atoms with van der Waals surface area (Å²) in [5, 5.41) is 7.20. The minimum absolute atomic E-state index is 0.201. The Kier molecular flexibility index (Phi) is 7.76. The summed E-state index contributed by atoms with van der Waals surface area (Å²) in [6, 6.07) is 24.2. The van der Waals surface area contributed by atoms with Gasteiger partial charge in [0, 0.05) is 17.0 Å². The van der Waals surface area contributed by atoms with E-state index in [9.17, 15) is 14.4 Å². The smallest absolute Gasteiger partial charge is 0.311 e. The van der Waals surface area contributed by atoms with Crippen LogP contribution in [0.1, 0.15) is 18.9 Å². The molecule has 1 amide bonds. The van der Waals surface area contributed by atoms with Gasteiger partial charge in [-0.2, -0.15) is 10.1 Å². The van der Waals surface area contributed by atoms with Crippen LogP contribution in [-0.4, -0.2) is 35.8 Å².